The second-order valence-electron chi connectivity index (χ2n) is 7.13. The zero-order valence-electron chi connectivity index (χ0n) is 15.9. The number of carbonyl (C=O) groups is 1. The van der Waals surface area contributed by atoms with E-state index in [1.807, 2.05) is 42.6 Å². The van der Waals surface area contributed by atoms with Crippen molar-refractivity contribution in [3.05, 3.63) is 60.3 Å². The Morgan fingerprint density at radius 3 is 2.96 bits per heavy atom. The van der Waals surface area contributed by atoms with Crippen molar-refractivity contribution in [2.75, 3.05) is 25.5 Å². The monoisotopic (exact) mass is 379 g/mol. The number of aromatic amines is 1. The van der Waals surface area contributed by atoms with Gasteiger partial charge in [-0.05, 0) is 43.1 Å². The molecule has 146 valence electrons. The van der Waals surface area contributed by atoms with Crippen molar-refractivity contribution in [1.29, 1.82) is 0 Å². The van der Waals surface area contributed by atoms with Crippen LogP contribution in [0.1, 0.15) is 24.4 Å². The smallest absolute Gasteiger partial charge is 0.265 e. The van der Waals surface area contributed by atoms with Crippen molar-refractivity contribution < 1.29 is 9.63 Å². The second-order valence-corrected chi connectivity index (χ2v) is 7.13. The summed E-state index contributed by atoms with van der Waals surface area (Å²) < 4.78 is 0. The van der Waals surface area contributed by atoms with Crippen molar-refractivity contribution >= 4 is 22.5 Å². The zero-order chi connectivity index (χ0) is 19.3. The third-order valence-corrected chi connectivity index (χ3v) is 5.20. The van der Waals surface area contributed by atoms with Gasteiger partial charge in [0.25, 0.3) is 5.91 Å². The van der Waals surface area contributed by atoms with Crippen molar-refractivity contribution in [2.24, 2.45) is 0 Å². The molecule has 7 heteroatoms. The number of likely N-dealkylation sites (tertiary alicyclic amines) is 1. The normalized spacial score (nSPS) is 18.7. The Balaban J connectivity index is 1.51. The van der Waals surface area contributed by atoms with Gasteiger partial charge < -0.3 is 5.32 Å². The summed E-state index contributed by atoms with van der Waals surface area (Å²) >= 11 is 0. The molecule has 7 nitrogen and oxygen atoms in total. The first-order valence-corrected chi connectivity index (χ1v) is 9.56. The average Bonchev–Trinajstić information content (AvgIpc) is 3.17. The molecule has 1 amide bonds. The van der Waals surface area contributed by atoms with E-state index >= 15 is 0 Å². The van der Waals surface area contributed by atoms with Crippen molar-refractivity contribution in [3.8, 4) is 0 Å². The lowest BCUT2D eigenvalue weighted by atomic mass is 9.98. The molecule has 1 saturated heterocycles. The minimum atomic E-state index is -0.373. The summed E-state index contributed by atoms with van der Waals surface area (Å²) in [5.74, 6) is -0.144. The fourth-order valence-corrected chi connectivity index (χ4v) is 3.95. The predicted octanol–water partition coefficient (Wildman–Crippen LogP) is 2.86. The molecule has 1 aliphatic rings. The van der Waals surface area contributed by atoms with E-state index in [9.17, 15) is 4.79 Å². The molecule has 3 N–H and O–H groups in total. The molecule has 3 aromatic rings. The molecule has 4 rings (SSSR count). The maximum absolute atomic E-state index is 12.7. The summed E-state index contributed by atoms with van der Waals surface area (Å²) in [6.07, 6.45) is 3.91. The molecule has 0 saturated carbocycles. The number of carbonyl (C=O) groups excluding carboxylic acids is 1. The van der Waals surface area contributed by atoms with Crippen LogP contribution in [0.25, 0.3) is 10.9 Å². The molecular weight excluding hydrogens is 354 g/mol. The van der Waals surface area contributed by atoms with Crippen molar-refractivity contribution in [2.45, 2.75) is 24.9 Å². The molecule has 0 radical (unpaired) electrons. The molecule has 1 aliphatic heterocycles. The van der Waals surface area contributed by atoms with E-state index < -0.39 is 0 Å². The van der Waals surface area contributed by atoms with E-state index in [4.69, 9.17) is 4.84 Å². The molecule has 0 bridgehead atoms. The molecule has 2 unspecified atom stereocenters. The SMILES string of the molecule is CONC(=O)C(c1ccccc1)N1CCCC(Nc2ccc3[nH]ncc3c2)C1. The lowest BCUT2D eigenvalue weighted by molar-refractivity contribution is -0.137. The summed E-state index contributed by atoms with van der Waals surface area (Å²) in [4.78, 5) is 19.8. The van der Waals surface area contributed by atoms with Gasteiger partial charge in [-0.3, -0.25) is 19.6 Å². The number of nitrogens with one attached hydrogen (secondary N) is 3. The predicted molar refractivity (Wildman–Crippen MR) is 109 cm³/mol. The van der Waals surface area contributed by atoms with Gasteiger partial charge in [0.05, 0.1) is 18.8 Å². The van der Waals surface area contributed by atoms with Crippen molar-refractivity contribution in [3.63, 3.8) is 0 Å². The molecule has 28 heavy (non-hydrogen) atoms. The summed E-state index contributed by atoms with van der Waals surface area (Å²) in [6, 6.07) is 15.9. The molecule has 1 aromatic heterocycles. The molecule has 2 aromatic carbocycles. The molecule has 2 atom stereocenters. The number of rotatable bonds is 6. The minimum Gasteiger partial charge on any atom is -0.381 e. The Labute approximate surface area is 164 Å². The number of piperidine rings is 1. The fourth-order valence-electron chi connectivity index (χ4n) is 3.95. The fraction of sp³-hybridized carbons (Fsp3) is 0.333. The first-order valence-electron chi connectivity index (χ1n) is 9.56. The highest BCUT2D eigenvalue weighted by atomic mass is 16.6. The Morgan fingerprint density at radius 1 is 1.29 bits per heavy atom. The Kier molecular flexibility index (Phi) is 5.55. The highest BCUT2D eigenvalue weighted by molar-refractivity contribution is 5.82. The quantitative estimate of drug-likeness (QED) is 0.574. The number of hydrogen-bond acceptors (Lipinski definition) is 5. The van der Waals surface area contributed by atoms with Crippen LogP contribution in [0.3, 0.4) is 0 Å². The number of anilines is 1. The molecule has 1 fully saturated rings. The van der Waals surface area contributed by atoms with E-state index in [0.717, 1.165) is 48.1 Å². The average molecular weight is 379 g/mol. The van der Waals surface area contributed by atoms with Crippen LogP contribution in [0.4, 0.5) is 5.69 Å². The van der Waals surface area contributed by atoms with Gasteiger partial charge in [-0.2, -0.15) is 5.10 Å². The van der Waals surface area contributed by atoms with E-state index in [-0.39, 0.29) is 18.0 Å². The summed E-state index contributed by atoms with van der Waals surface area (Å²) in [6.45, 7) is 1.65. The topological polar surface area (TPSA) is 82.3 Å². The Morgan fingerprint density at radius 2 is 2.14 bits per heavy atom. The lowest BCUT2D eigenvalue weighted by Gasteiger charge is -2.38. The number of hydroxylamine groups is 1. The van der Waals surface area contributed by atoms with E-state index in [2.05, 4.69) is 38.0 Å². The van der Waals surface area contributed by atoms with Crippen LogP contribution in [0, 0.1) is 0 Å². The standard InChI is InChI=1S/C21H25N5O2/c1-28-25-21(27)20(15-6-3-2-4-7-15)26-11-5-8-18(14-26)23-17-9-10-19-16(12-17)13-22-24-19/h2-4,6-7,9-10,12-13,18,20,23H,5,8,11,14H2,1H3,(H,22,24)(H,25,27). The van der Waals surface area contributed by atoms with Crippen LogP contribution in [-0.4, -0.2) is 47.2 Å². The lowest BCUT2D eigenvalue weighted by Crippen LogP contribution is -2.48. The first kappa shape index (κ1) is 18.5. The van der Waals surface area contributed by atoms with Gasteiger partial charge in [-0.1, -0.05) is 30.3 Å². The van der Waals surface area contributed by atoms with Crippen molar-refractivity contribution in [1.82, 2.24) is 20.6 Å². The maximum atomic E-state index is 12.7. The van der Waals surface area contributed by atoms with Gasteiger partial charge in [0.2, 0.25) is 0 Å². The van der Waals surface area contributed by atoms with Gasteiger partial charge in [-0.25, -0.2) is 5.48 Å². The van der Waals surface area contributed by atoms with Crippen LogP contribution in [0.15, 0.2) is 54.7 Å². The van der Waals surface area contributed by atoms with Crippen LogP contribution < -0.4 is 10.8 Å². The maximum Gasteiger partial charge on any atom is 0.265 e. The van der Waals surface area contributed by atoms with Gasteiger partial charge in [0.15, 0.2) is 0 Å². The molecular formula is C21H25N5O2. The number of H-pyrrole nitrogens is 1. The first-order chi connectivity index (χ1) is 13.7. The van der Waals surface area contributed by atoms with Crippen LogP contribution in [0.5, 0.6) is 0 Å². The van der Waals surface area contributed by atoms with Gasteiger partial charge in [-0.15, -0.1) is 0 Å². The van der Waals surface area contributed by atoms with Crippen LogP contribution in [0.2, 0.25) is 0 Å². The molecule has 0 spiro atoms. The second kappa shape index (κ2) is 8.41. The molecule has 2 heterocycles. The van der Waals surface area contributed by atoms with Crippen LogP contribution in [-0.2, 0) is 9.63 Å². The summed E-state index contributed by atoms with van der Waals surface area (Å²) in [7, 11) is 1.46. The number of fused-ring (bicyclic) bond motifs is 1. The van der Waals surface area contributed by atoms with Gasteiger partial charge >= 0.3 is 0 Å². The third kappa shape index (κ3) is 4.00. The number of amides is 1. The van der Waals surface area contributed by atoms with Gasteiger partial charge in [0.1, 0.15) is 6.04 Å². The highest BCUT2D eigenvalue weighted by Gasteiger charge is 2.31. The summed E-state index contributed by atoms with van der Waals surface area (Å²) in [5, 5.41) is 11.8. The number of hydrogen-bond donors (Lipinski definition) is 3. The van der Waals surface area contributed by atoms with Gasteiger partial charge in [0, 0.05) is 23.7 Å². The van der Waals surface area contributed by atoms with Crippen LogP contribution >= 0.6 is 0 Å². The largest absolute Gasteiger partial charge is 0.381 e. The highest BCUT2D eigenvalue weighted by Crippen LogP contribution is 2.27. The third-order valence-electron chi connectivity index (χ3n) is 5.20. The molecule has 0 aliphatic carbocycles. The summed E-state index contributed by atoms with van der Waals surface area (Å²) in [5.41, 5.74) is 5.57. The number of benzene rings is 2. The number of nitrogens with zero attached hydrogens (tertiary/aromatic N) is 2. The Bertz CT molecular complexity index is 927. The zero-order valence-corrected chi connectivity index (χ0v) is 15.9. The van der Waals surface area contributed by atoms with E-state index in [1.54, 1.807) is 0 Å². The Hall–Kier alpha value is -2.90. The van der Waals surface area contributed by atoms with E-state index in [1.165, 1.54) is 7.11 Å². The van der Waals surface area contributed by atoms with E-state index in [0.29, 0.717) is 0 Å². The number of aromatic nitrogens is 2. The minimum absolute atomic E-state index is 0.144.